The normalized spacial score (nSPS) is 15.2. The van der Waals surface area contributed by atoms with Crippen molar-refractivity contribution in [2.45, 2.75) is 64.8 Å². The van der Waals surface area contributed by atoms with E-state index in [-0.39, 0.29) is 0 Å². The Morgan fingerprint density at radius 2 is 1.75 bits per heavy atom. The van der Waals surface area contributed by atoms with Gasteiger partial charge in [-0.2, -0.15) is 0 Å². The first-order chi connectivity index (χ1) is 15.7. The molecule has 32 heavy (non-hydrogen) atoms. The molecule has 0 bridgehead atoms. The molecule has 0 amide bonds. The number of aryl methyl sites for hydroxylation is 3. The Morgan fingerprint density at radius 1 is 0.938 bits per heavy atom. The second-order valence-electron chi connectivity index (χ2n) is 8.99. The van der Waals surface area contributed by atoms with E-state index in [0.29, 0.717) is 0 Å². The molecule has 1 aliphatic heterocycles. The number of rotatable bonds is 10. The van der Waals surface area contributed by atoms with Crippen LogP contribution in [0.4, 0.5) is 0 Å². The van der Waals surface area contributed by atoms with Gasteiger partial charge in [-0.3, -0.25) is 0 Å². The third-order valence-electron chi connectivity index (χ3n) is 6.48. The van der Waals surface area contributed by atoms with E-state index in [1.165, 1.54) is 63.1 Å². The van der Waals surface area contributed by atoms with E-state index < -0.39 is 0 Å². The number of para-hydroxylation sites is 2. The van der Waals surface area contributed by atoms with Crippen molar-refractivity contribution in [3.8, 4) is 5.75 Å². The van der Waals surface area contributed by atoms with Gasteiger partial charge in [0.15, 0.2) is 0 Å². The van der Waals surface area contributed by atoms with Crippen molar-refractivity contribution in [1.82, 2.24) is 14.5 Å². The monoisotopic (exact) mass is 453 g/mol. The van der Waals surface area contributed by atoms with E-state index in [4.69, 9.17) is 21.3 Å². The van der Waals surface area contributed by atoms with Gasteiger partial charge in [-0.15, -0.1) is 0 Å². The van der Waals surface area contributed by atoms with Crippen LogP contribution in [-0.4, -0.2) is 40.7 Å². The second-order valence-corrected chi connectivity index (χ2v) is 9.40. The van der Waals surface area contributed by atoms with Crippen LogP contribution in [0.15, 0.2) is 42.5 Å². The summed E-state index contributed by atoms with van der Waals surface area (Å²) in [7, 11) is 0. The average molecular weight is 454 g/mol. The Hall–Kier alpha value is -2.04. The number of nitrogens with zero attached hydrogens (tertiary/aromatic N) is 3. The lowest BCUT2D eigenvalue weighted by Crippen LogP contribution is -2.26. The summed E-state index contributed by atoms with van der Waals surface area (Å²) in [6, 6.07) is 14.4. The van der Waals surface area contributed by atoms with Gasteiger partial charge in [0.05, 0.1) is 17.6 Å². The van der Waals surface area contributed by atoms with Crippen LogP contribution in [0.3, 0.4) is 0 Å². The largest absolute Gasteiger partial charge is 0.494 e. The lowest BCUT2D eigenvalue weighted by molar-refractivity contribution is 0.280. The molecule has 0 N–H and O–H groups in total. The Morgan fingerprint density at radius 3 is 2.56 bits per heavy atom. The summed E-state index contributed by atoms with van der Waals surface area (Å²) >= 11 is 6.10. The number of fused-ring (bicyclic) bond motifs is 1. The molecule has 3 aromatic rings. The van der Waals surface area contributed by atoms with Crippen molar-refractivity contribution < 1.29 is 4.74 Å². The third kappa shape index (κ3) is 6.26. The second kappa shape index (κ2) is 11.7. The fraction of sp³-hybridized carbons (Fsp3) is 0.519. The number of aromatic nitrogens is 2. The summed E-state index contributed by atoms with van der Waals surface area (Å²) in [6.07, 6.45) is 9.83. The highest BCUT2D eigenvalue weighted by Gasteiger charge is 2.12. The maximum atomic E-state index is 6.10. The van der Waals surface area contributed by atoms with Gasteiger partial charge < -0.3 is 14.2 Å². The number of likely N-dealkylation sites (tertiary alicyclic amines) is 1. The van der Waals surface area contributed by atoms with Crippen LogP contribution < -0.4 is 4.74 Å². The Balaban J connectivity index is 1.30. The molecule has 1 aromatic heterocycles. The predicted octanol–water partition coefficient (Wildman–Crippen LogP) is 6.67. The van der Waals surface area contributed by atoms with Crippen molar-refractivity contribution in [2.24, 2.45) is 0 Å². The summed E-state index contributed by atoms with van der Waals surface area (Å²) in [5.41, 5.74) is 3.43. The smallest absolute Gasteiger partial charge is 0.119 e. The summed E-state index contributed by atoms with van der Waals surface area (Å²) in [4.78, 5) is 7.63. The molecular weight excluding hydrogens is 418 g/mol. The van der Waals surface area contributed by atoms with Gasteiger partial charge >= 0.3 is 0 Å². The minimum absolute atomic E-state index is 0.720. The van der Waals surface area contributed by atoms with E-state index in [1.54, 1.807) is 0 Å². The molecule has 1 fully saturated rings. The molecule has 0 atom stereocenters. The van der Waals surface area contributed by atoms with Crippen LogP contribution in [0.1, 0.15) is 56.3 Å². The number of halogens is 1. The lowest BCUT2D eigenvalue weighted by atomic mass is 10.2. The zero-order chi connectivity index (χ0) is 22.2. The lowest BCUT2D eigenvalue weighted by Gasteiger charge is -2.19. The van der Waals surface area contributed by atoms with Gasteiger partial charge in [0.1, 0.15) is 11.6 Å². The molecule has 2 heterocycles. The Bertz CT molecular complexity index is 992. The van der Waals surface area contributed by atoms with Crippen molar-refractivity contribution in [2.75, 3.05) is 26.2 Å². The van der Waals surface area contributed by atoms with Crippen LogP contribution in [-0.2, 0) is 13.0 Å². The molecule has 0 spiro atoms. The topological polar surface area (TPSA) is 30.3 Å². The SMILES string of the molecule is Cc1cc(OCCCCn2c(CCCN3CCCCCC3)nc3ccccc32)ccc1Cl. The quantitative estimate of drug-likeness (QED) is 0.321. The molecule has 0 unspecified atom stereocenters. The fourth-order valence-electron chi connectivity index (χ4n) is 4.66. The van der Waals surface area contributed by atoms with Crippen LogP contribution in [0, 0.1) is 6.92 Å². The molecule has 1 aliphatic rings. The molecular formula is C27H36ClN3O. The number of hydrogen-bond acceptors (Lipinski definition) is 3. The van der Waals surface area contributed by atoms with Crippen molar-refractivity contribution in [3.05, 3.63) is 58.9 Å². The van der Waals surface area contributed by atoms with Crippen LogP contribution in [0.2, 0.25) is 5.02 Å². The predicted molar refractivity (Wildman–Crippen MR) is 134 cm³/mol. The van der Waals surface area contributed by atoms with Crippen molar-refractivity contribution in [1.29, 1.82) is 0 Å². The molecule has 0 saturated carbocycles. The number of benzene rings is 2. The third-order valence-corrected chi connectivity index (χ3v) is 6.91. The fourth-order valence-corrected chi connectivity index (χ4v) is 4.77. The molecule has 2 aromatic carbocycles. The van der Waals surface area contributed by atoms with E-state index in [2.05, 4.69) is 33.7 Å². The molecule has 4 nitrogen and oxygen atoms in total. The molecule has 0 radical (unpaired) electrons. The highest BCUT2D eigenvalue weighted by molar-refractivity contribution is 6.31. The number of hydrogen-bond donors (Lipinski definition) is 0. The van der Waals surface area contributed by atoms with Crippen LogP contribution in [0.5, 0.6) is 5.75 Å². The Labute approximate surface area is 197 Å². The summed E-state index contributed by atoms with van der Waals surface area (Å²) < 4.78 is 8.37. The first-order valence-electron chi connectivity index (χ1n) is 12.3. The highest BCUT2D eigenvalue weighted by Crippen LogP contribution is 2.22. The van der Waals surface area contributed by atoms with Crippen molar-refractivity contribution in [3.63, 3.8) is 0 Å². The number of unbranched alkanes of at least 4 members (excludes halogenated alkanes) is 1. The molecule has 4 rings (SSSR count). The summed E-state index contributed by atoms with van der Waals surface area (Å²) in [6.45, 7) is 7.44. The highest BCUT2D eigenvalue weighted by atomic mass is 35.5. The zero-order valence-electron chi connectivity index (χ0n) is 19.4. The van der Waals surface area contributed by atoms with Gasteiger partial charge in [-0.1, -0.05) is 36.6 Å². The van der Waals surface area contributed by atoms with Gasteiger partial charge in [-0.25, -0.2) is 4.98 Å². The van der Waals surface area contributed by atoms with E-state index >= 15 is 0 Å². The van der Waals surface area contributed by atoms with E-state index in [1.807, 2.05) is 25.1 Å². The maximum absolute atomic E-state index is 6.10. The molecule has 0 aliphatic carbocycles. The zero-order valence-corrected chi connectivity index (χ0v) is 20.1. The summed E-state index contributed by atoms with van der Waals surface area (Å²) in [5, 5.41) is 0.785. The number of ether oxygens (including phenoxy) is 1. The van der Waals surface area contributed by atoms with Crippen LogP contribution >= 0.6 is 11.6 Å². The van der Waals surface area contributed by atoms with Gasteiger partial charge in [0.2, 0.25) is 0 Å². The van der Waals surface area contributed by atoms with Gasteiger partial charge in [0, 0.05) is 18.0 Å². The first kappa shape index (κ1) is 23.1. The van der Waals surface area contributed by atoms with Gasteiger partial charge in [0.25, 0.3) is 0 Å². The minimum atomic E-state index is 0.720. The molecule has 5 heteroatoms. The van der Waals surface area contributed by atoms with E-state index in [9.17, 15) is 0 Å². The van der Waals surface area contributed by atoms with E-state index in [0.717, 1.165) is 54.3 Å². The average Bonchev–Trinajstić information content (AvgIpc) is 2.95. The standard InChI is InChI=1S/C27H36ClN3O/c1-22-21-23(14-15-24(22)28)32-20-9-8-19-31-26-12-5-4-11-25(26)29-27(31)13-10-18-30-16-6-2-3-7-17-30/h4-5,11-12,14-15,21H,2-3,6-10,13,16-20H2,1H3. The van der Waals surface area contributed by atoms with Gasteiger partial charge in [-0.05, 0) is 94.6 Å². The molecule has 1 saturated heterocycles. The first-order valence-corrected chi connectivity index (χ1v) is 12.6. The summed E-state index contributed by atoms with van der Waals surface area (Å²) in [5.74, 6) is 2.13. The van der Waals surface area contributed by atoms with Crippen LogP contribution in [0.25, 0.3) is 11.0 Å². The molecule has 172 valence electrons. The maximum Gasteiger partial charge on any atom is 0.119 e. The number of imidazole rings is 1. The Kier molecular flexibility index (Phi) is 8.47. The minimum Gasteiger partial charge on any atom is -0.494 e. The van der Waals surface area contributed by atoms with Crippen molar-refractivity contribution >= 4 is 22.6 Å².